The third-order valence-electron chi connectivity index (χ3n) is 2.71. The van der Waals surface area contributed by atoms with Gasteiger partial charge < -0.3 is 4.74 Å². The van der Waals surface area contributed by atoms with Crippen LogP contribution in [0, 0.1) is 0 Å². The Bertz CT molecular complexity index is 487. The summed E-state index contributed by atoms with van der Waals surface area (Å²) in [4.78, 5) is 0.292. The van der Waals surface area contributed by atoms with E-state index < -0.39 is 16.3 Å². The fourth-order valence-electron chi connectivity index (χ4n) is 1.91. The lowest BCUT2D eigenvalue weighted by molar-refractivity contribution is 0.120. The van der Waals surface area contributed by atoms with Gasteiger partial charge in [-0.2, -0.15) is 4.31 Å². The second kappa shape index (κ2) is 5.12. The number of hydrogen-bond donors (Lipinski definition) is 0. The maximum atomic E-state index is 12.3. The Morgan fingerprint density at radius 3 is 2.71 bits per heavy atom. The van der Waals surface area contributed by atoms with E-state index in [1.54, 1.807) is 30.3 Å². The number of thiocarbonyl (C=S) groups is 1. The molecular weight excluding hydrogens is 258 g/mol. The first-order valence-electron chi connectivity index (χ1n) is 5.32. The average Bonchev–Trinajstić information content (AvgIpc) is 2.80. The molecule has 92 valence electrons. The lowest BCUT2D eigenvalue weighted by Gasteiger charge is -2.22. The van der Waals surface area contributed by atoms with Gasteiger partial charge in [0.05, 0.1) is 4.90 Å². The predicted octanol–water partition coefficient (Wildman–Crippen LogP) is 1.77. The Morgan fingerprint density at radius 1 is 1.35 bits per heavy atom. The van der Waals surface area contributed by atoms with Crippen molar-refractivity contribution < 1.29 is 13.2 Å². The fourth-order valence-corrected chi connectivity index (χ4v) is 3.65. The molecule has 1 saturated heterocycles. The van der Waals surface area contributed by atoms with Crippen molar-refractivity contribution in [3.05, 3.63) is 30.3 Å². The minimum Gasteiger partial charge on any atom is -0.470 e. The van der Waals surface area contributed by atoms with Crippen molar-refractivity contribution in [1.82, 2.24) is 4.31 Å². The quantitative estimate of drug-likeness (QED) is 0.783. The van der Waals surface area contributed by atoms with Gasteiger partial charge in [0.1, 0.15) is 5.55 Å². The van der Waals surface area contributed by atoms with Gasteiger partial charge in [-0.25, -0.2) is 8.42 Å². The van der Waals surface area contributed by atoms with Gasteiger partial charge in [0.25, 0.3) is 0 Å². The van der Waals surface area contributed by atoms with Gasteiger partial charge >= 0.3 is 0 Å². The molecule has 1 aromatic carbocycles. The Labute approximate surface area is 106 Å². The van der Waals surface area contributed by atoms with Gasteiger partial charge in [-0.3, -0.25) is 0 Å². The standard InChI is InChI=1S/C11H13NO3S2/c13-17(14,10-5-2-1-3-6-10)12-8-4-7-11(12)15-9-16/h1-3,5-6,9,11H,4,7-8H2. The Hall–Kier alpha value is -0.980. The van der Waals surface area contributed by atoms with Crippen LogP contribution in [0.5, 0.6) is 0 Å². The highest BCUT2D eigenvalue weighted by molar-refractivity contribution is 7.89. The van der Waals surface area contributed by atoms with Crippen molar-refractivity contribution in [3.8, 4) is 0 Å². The summed E-state index contributed by atoms with van der Waals surface area (Å²) in [7, 11) is -3.47. The van der Waals surface area contributed by atoms with E-state index >= 15 is 0 Å². The molecule has 17 heavy (non-hydrogen) atoms. The molecular formula is C11H13NO3S2. The van der Waals surface area contributed by atoms with Crippen LogP contribution in [0.4, 0.5) is 0 Å². The molecule has 1 aliphatic heterocycles. The summed E-state index contributed by atoms with van der Waals surface area (Å²) in [5.74, 6) is 0. The van der Waals surface area contributed by atoms with Crippen LogP contribution in [0.2, 0.25) is 0 Å². The molecule has 6 heteroatoms. The lowest BCUT2D eigenvalue weighted by Crippen LogP contribution is -2.36. The van der Waals surface area contributed by atoms with E-state index in [1.165, 1.54) is 4.31 Å². The van der Waals surface area contributed by atoms with Gasteiger partial charge in [0, 0.05) is 13.0 Å². The van der Waals surface area contributed by atoms with Crippen molar-refractivity contribution in [3.63, 3.8) is 0 Å². The molecule has 0 radical (unpaired) electrons. The first kappa shape index (κ1) is 12.5. The number of benzene rings is 1. The molecule has 4 nitrogen and oxygen atoms in total. The maximum absolute atomic E-state index is 12.3. The molecule has 1 atom stereocenters. The largest absolute Gasteiger partial charge is 0.470 e. The second-order valence-electron chi connectivity index (χ2n) is 3.76. The summed E-state index contributed by atoms with van der Waals surface area (Å²) in [6, 6.07) is 8.37. The normalized spacial score (nSPS) is 21.3. The van der Waals surface area contributed by atoms with Crippen LogP contribution in [0.25, 0.3) is 0 Å². The van der Waals surface area contributed by atoms with Crippen molar-refractivity contribution in [2.75, 3.05) is 6.54 Å². The molecule has 2 rings (SSSR count). The van der Waals surface area contributed by atoms with Crippen LogP contribution in [0.1, 0.15) is 12.8 Å². The molecule has 0 saturated carbocycles. The zero-order valence-electron chi connectivity index (χ0n) is 9.15. The first-order valence-corrected chi connectivity index (χ1v) is 7.23. The van der Waals surface area contributed by atoms with Crippen LogP contribution in [0.15, 0.2) is 35.2 Å². The van der Waals surface area contributed by atoms with Crippen LogP contribution in [-0.2, 0) is 14.8 Å². The third kappa shape index (κ3) is 2.48. The summed E-state index contributed by atoms with van der Waals surface area (Å²) in [6.45, 7) is 0.477. The zero-order valence-corrected chi connectivity index (χ0v) is 10.8. The molecule has 1 heterocycles. The average molecular weight is 271 g/mol. The van der Waals surface area contributed by atoms with E-state index in [2.05, 4.69) is 12.2 Å². The highest BCUT2D eigenvalue weighted by Crippen LogP contribution is 2.26. The van der Waals surface area contributed by atoms with Gasteiger partial charge in [0.2, 0.25) is 10.0 Å². The number of nitrogens with zero attached hydrogens (tertiary/aromatic N) is 1. The molecule has 0 aromatic heterocycles. The second-order valence-corrected chi connectivity index (χ2v) is 5.84. The van der Waals surface area contributed by atoms with E-state index in [1.807, 2.05) is 0 Å². The summed E-state index contributed by atoms with van der Waals surface area (Å²) in [6.07, 6.45) is 1.01. The summed E-state index contributed by atoms with van der Waals surface area (Å²) in [5, 5.41) is 0. The van der Waals surface area contributed by atoms with Gasteiger partial charge in [0.15, 0.2) is 6.23 Å². The smallest absolute Gasteiger partial charge is 0.246 e. The van der Waals surface area contributed by atoms with E-state index in [-0.39, 0.29) is 0 Å². The molecule has 1 fully saturated rings. The fraction of sp³-hybridized carbons (Fsp3) is 0.364. The molecule has 0 N–H and O–H groups in total. The molecule has 0 amide bonds. The third-order valence-corrected chi connectivity index (χ3v) is 4.73. The maximum Gasteiger partial charge on any atom is 0.246 e. The van der Waals surface area contributed by atoms with Gasteiger partial charge in [-0.1, -0.05) is 18.2 Å². The number of sulfonamides is 1. The highest BCUT2D eigenvalue weighted by atomic mass is 32.2. The van der Waals surface area contributed by atoms with Crippen LogP contribution >= 0.6 is 12.2 Å². The monoisotopic (exact) mass is 271 g/mol. The number of ether oxygens (including phenoxy) is 1. The Morgan fingerprint density at radius 2 is 2.06 bits per heavy atom. The molecule has 1 aliphatic rings. The topological polar surface area (TPSA) is 46.6 Å². The van der Waals surface area contributed by atoms with Gasteiger partial charge in [-0.15, -0.1) is 0 Å². The molecule has 1 aromatic rings. The first-order chi connectivity index (χ1) is 8.16. The van der Waals surface area contributed by atoms with Gasteiger partial charge in [-0.05, 0) is 30.8 Å². The van der Waals surface area contributed by atoms with E-state index in [0.29, 0.717) is 17.9 Å². The Kier molecular flexibility index (Phi) is 3.76. The summed E-state index contributed by atoms with van der Waals surface area (Å²) < 4.78 is 31.2. The zero-order chi connectivity index (χ0) is 12.3. The number of rotatable bonds is 4. The lowest BCUT2D eigenvalue weighted by atomic mass is 10.4. The van der Waals surface area contributed by atoms with E-state index in [9.17, 15) is 8.42 Å². The molecule has 0 bridgehead atoms. The minimum atomic E-state index is -3.47. The summed E-state index contributed by atoms with van der Waals surface area (Å²) >= 11 is 4.61. The number of hydrogen-bond acceptors (Lipinski definition) is 4. The van der Waals surface area contributed by atoms with E-state index in [0.717, 1.165) is 12.0 Å². The molecule has 0 spiro atoms. The van der Waals surface area contributed by atoms with E-state index in [4.69, 9.17) is 4.74 Å². The summed E-state index contributed by atoms with van der Waals surface area (Å²) in [5.41, 5.74) is 1.13. The predicted molar refractivity (Wildman–Crippen MR) is 68.1 cm³/mol. The van der Waals surface area contributed by atoms with Crippen LogP contribution < -0.4 is 0 Å². The van der Waals surface area contributed by atoms with Crippen molar-refractivity contribution in [2.24, 2.45) is 0 Å². The van der Waals surface area contributed by atoms with Crippen LogP contribution in [-0.4, -0.2) is 31.0 Å². The van der Waals surface area contributed by atoms with Crippen molar-refractivity contribution in [1.29, 1.82) is 0 Å². The minimum absolute atomic E-state index is 0.292. The molecule has 1 unspecified atom stereocenters. The molecule has 0 aliphatic carbocycles. The SMILES string of the molecule is O=S(=O)(c1ccccc1)N1CCCC1OC=S. The Balaban J connectivity index is 2.30. The van der Waals surface area contributed by atoms with Crippen molar-refractivity contribution in [2.45, 2.75) is 24.0 Å². The highest BCUT2D eigenvalue weighted by Gasteiger charge is 2.36. The van der Waals surface area contributed by atoms with Crippen molar-refractivity contribution >= 4 is 27.8 Å². The van der Waals surface area contributed by atoms with Crippen LogP contribution in [0.3, 0.4) is 0 Å².